The molecule has 238 valence electrons. The molecule has 1 aliphatic rings. The maximum absolute atomic E-state index is 6.61. The Kier molecular flexibility index (Phi) is 10.9. The molecule has 4 aromatic rings. The van der Waals surface area contributed by atoms with E-state index in [4.69, 9.17) is 40.7 Å². The number of benzene rings is 4. The van der Waals surface area contributed by atoms with Crippen molar-refractivity contribution in [3.63, 3.8) is 0 Å². The zero-order valence-corrected chi connectivity index (χ0v) is 28.6. The monoisotopic (exact) mass is 682 g/mol. The standard InChI is InChI=1S/C28H38N4O8P4/c1-33-41(37-25-17-9-5-10-18-25)29-42(34-2,38-26-19-11-6-12-20-26)31-44(36-4,40-28-23-15-8-16-24-28)32-43(30-41,35-3)39-27-21-13-7-14-22-27/h5-24,29-31,41-43H,1-4H3. The van der Waals surface area contributed by atoms with Gasteiger partial charge in [0.1, 0.15) is 0 Å². The minimum atomic E-state index is -4.00. The van der Waals surface area contributed by atoms with Crippen LogP contribution in [-0.2, 0) is 18.1 Å². The minimum absolute atomic E-state index is 0.493. The number of rotatable bonds is 12. The van der Waals surface area contributed by atoms with Gasteiger partial charge in [0.25, 0.3) is 0 Å². The van der Waals surface area contributed by atoms with Gasteiger partial charge in [-0.2, -0.15) is 0 Å². The van der Waals surface area contributed by atoms with Crippen LogP contribution in [0.15, 0.2) is 126 Å². The molecular weight excluding hydrogens is 644 g/mol. The van der Waals surface area contributed by atoms with Crippen molar-refractivity contribution >= 4 is 31.7 Å². The Hall–Kier alpha value is -2.68. The van der Waals surface area contributed by atoms with Crippen LogP contribution in [0.5, 0.6) is 23.0 Å². The first kappa shape index (κ1) is 32.7. The summed E-state index contributed by atoms with van der Waals surface area (Å²) in [5, 5.41) is 0. The molecule has 0 saturated carbocycles. The molecule has 0 aliphatic carbocycles. The van der Waals surface area contributed by atoms with Gasteiger partial charge in [0, 0.05) is 0 Å². The Balaban J connectivity index is 1.74. The van der Waals surface area contributed by atoms with Gasteiger partial charge in [-0.05, 0) is 0 Å². The summed E-state index contributed by atoms with van der Waals surface area (Å²) in [5.74, 6) is 2.03. The predicted molar refractivity (Wildman–Crippen MR) is 180 cm³/mol. The van der Waals surface area contributed by atoms with Gasteiger partial charge < -0.3 is 0 Å². The average molecular weight is 683 g/mol. The Bertz CT molecular complexity index is 1530. The van der Waals surface area contributed by atoms with Gasteiger partial charge in [-0.1, -0.05) is 0 Å². The van der Waals surface area contributed by atoms with E-state index < -0.39 is 31.7 Å². The molecule has 0 bridgehead atoms. The third kappa shape index (κ3) is 7.93. The Morgan fingerprint density at radius 3 is 1.36 bits per heavy atom. The molecule has 1 aliphatic heterocycles. The van der Waals surface area contributed by atoms with Crippen LogP contribution in [0.1, 0.15) is 0 Å². The molecular formula is C28H38N4O8P4. The van der Waals surface area contributed by atoms with E-state index in [1.807, 2.05) is 97.1 Å². The molecule has 1 atom stereocenters. The van der Waals surface area contributed by atoms with Gasteiger partial charge in [-0.3, -0.25) is 0 Å². The molecule has 0 aromatic heterocycles. The van der Waals surface area contributed by atoms with E-state index in [9.17, 15) is 0 Å². The second-order valence-corrected chi connectivity index (χ2v) is 20.0. The third-order valence-corrected chi connectivity index (χ3v) is 20.1. The molecule has 0 spiro atoms. The van der Waals surface area contributed by atoms with Crippen LogP contribution in [0.3, 0.4) is 0 Å². The third-order valence-electron chi connectivity index (χ3n) is 6.28. The summed E-state index contributed by atoms with van der Waals surface area (Å²) in [5.41, 5.74) is 0. The molecule has 44 heavy (non-hydrogen) atoms. The van der Waals surface area contributed by atoms with Crippen molar-refractivity contribution in [3.8, 4) is 23.0 Å². The molecule has 0 fully saturated rings. The van der Waals surface area contributed by atoms with Gasteiger partial charge in [0.2, 0.25) is 0 Å². The van der Waals surface area contributed by atoms with Gasteiger partial charge in [0.05, 0.1) is 0 Å². The van der Waals surface area contributed by atoms with E-state index >= 15 is 0 Å². The Morgan fingerprint density at radius 2 is 0.932 bits per heavy atom. The number of hydrogen-bond donors (Lipinski definition) is 3. The summed E-state index contributed by atoms with van der Waals surface area (Å²) in [6, 6.07) is 36.8. The van der Waals surface area contributed by atoms with E-state index in [1.54, 1.807) is 24.3 Å². The molecule has 12 nitrogen and oxygen atoms in total. The molecule has 0 amide bonds. The van der Waals surface area contributed by atoms with E-state index in [0.29, 0.717) is 23.0 Å². The Morgan fingerprint density at radius 1 is 0.500 bits per heavy atom. The summed E-state index contributed by atoms with van der Waals surface area (Å²) in [6.07, 6.45) is 0. The molecule has 5 rings (SSSR count). The van der Waals surface area contributed by atoms with Crippen LogP contribution >= 0.6 is 31.7 Å². The van der Waals surface area contributed by atoms with Gasteiger partial charge in [-0.25, -0.2) is 0 Å². The molecule has 4 aromatic carbocycles. The summed E-state index contributed by atoms with van der Waals surface area (Å²) in [4.78, 5) is 10.3. The van der Waals surface area contributed by atoms with E-state index in [-0.39, 0.29) is 0 Å². The normalized spacial score (nSPS) is 22.5. The SMILES string of the molecule is COP1(Oc2ccccc2)=N[PH](OC)(Oc2ccccc2)N[PH](OC)(Oc2ccccc2)N[PH](OC)(Oc2ccccc2)N1. The topological polar surface area (TPSA) is 122 Å². The summed E-state index contributed by atoms with van der Waals surface area (Å²) in [7, 11) is -9.35. The maximum atomic E-state index is 6.61. The molecule has 1 heterocycles. The van der Waals surface area contributed by atoms with Crippen LogP contribution in [-0.4, -0.2) is 28.4 Å². The second-order valence-electron chi connectivity index (χ2n) is 9.24. The van der Waals surface area contributed by atoms with Gasteiger partial charge in [0.15, 0.2) is 0 Å². The van der Waals surface area contributed by atoms with E-state index in [1.165, 1.54) is 28.4 Å². The molecule has 0 saturated heterocycles. The van der Waals surface area contributed by atoms with Crippen molar-refractivity contribution in [2.24, 2.45) is 4.52 Å². The van der Waals surface area contributed by atoms with Crippen molar-refractivity contribution < 1.29 is 36.2 Å². The molecule has 0 radical (unpaired) electrons. The van der Waals surface area contributed by atoms with E-state index in [0.717, 1.165) is 0 Å². The zero-order valence-electron chi connectivity index (χ0n) is 24.7. The van der Waals surface area contributed by atoms with Gasteiger partial charge >= 0.3 is 260 Å². The van der Waals surface area contributed by atoms with Crippen molar-refractivity contribution in [3.05, 3.63) is 121 Å². The first-order valence-electron chi connectivity index (χ1n) is 13.6. The van der Waals surface area contributed by atoms with Gasteiger partial charge in [-0.15, -0.1) is 0 Å². The fourth-order valence-electron chi connectivity index (χ4n) is 4.20. The van der Waals surface area contributed by atoms with Crippen molar-refractivity contribution in [1.29, 1.82) is 0 Å². The summed E-state index contributed by atoms with van der Waals surface area (Å²) in [6.45, 7) is 0. The number of hydrogen-bond acceptors (Lipinski definition) is 12. The molecule has 3 N–H and O–H groups in total. The first-order valence-corrected chi connectivity index (χ1v) is 20.6. The van der Waals surface area contributed by atoms with E-state index in [2.05, 4.69) is 14.6 Å². The van der Waals surface area contributed by atoms with Crippen molar-refractivity contribution in [1.82, 2.24) is 14.6 Å². The quantitative estimate of drug-likeness (QED) is 0.127. The predicted octanol–water partition coefficient (Wildman–Crippen LogP) is 7.85. The van der Waals surface area contributed by atoms with Crippen molar-refractivity contribution in [2.45, 2.75) is 0 Å². The number of para-hydroxylation sites is 4. The number of nitrogens with one attached hydrogen (secondary N) is 3. The summed E-state index contributed by atoms with van der Waals surface area (Å²) < 4.78 is 56.2. The Labute approximate surface area is 259 Å². The van der Waals surface area contributed by atoms with Crippen LogP contribution in [0.4, 0.5) is 0 Å². The van der Waals surface area contributed by atoms with Crippen LogP contribution in [0.25, 0.3) is 0 Å². The molecule has 1 unspecified atom stereocenters. The second kappa shape index (κ2) is 14.6. The number of nitrogens with zero attached hydrogens (tertiary/aromatic N) is 1. The van der Waals surface area contributed by atoms with Crippen LogP contribution < -0.4 is 32.7 Å². The first-order chi connectivity index (χ1) is 21.4. The van der Waals surface area contributed by atoms with Crippen LogP contribution in [0.2, 0.25) is 0 Å². The fourth-order valence-corrected chi connectivity index (χ4v) is 20.0. The molecule has 16 heteroatoms. The average Bonchev–Trinajstić information content (AvgIpc) is 3.06. The van der Waals surface area contributed by atoms with Crippen LogP contribution in [0, 0.1) is 0 Å². The van der Waals surface area contributed by atoms with Crippen molar-refractivity contribution in [2.75, 3.05) is 28.4 Å². The summed E-state index contributed by atoms with van der Waals surface area (Å²) >= 11 is 0. The fraction of sp³-hybridized carbons (Fsp3) is 0.143. The zero-order chi connectivity index (χ0) is 30.9.